The highest BCUT2D eigenvalue weighted by atomic mass is 35.5. The number of benzene rings is 2. The molecule has 0 fully saturated rings. The van der Waals surface area contributed by atoms with Crippen LogP contribution in [-0.2, 0) is 7.05 Å². The Morgan fingerprint density at radius 3 is 2.72 bits per heavy atom. The summed E-state index contributed by atoms with van der Waals surface area (Å²) in [5.41, 5.74) is 2.34. The second kappa shape index (κ2) is 8.16. The molecule has 0 aliphatic rings. The van der Waals surface area contributed by atoms with Crippen LogP contribution < -0.4 is 15.4 Å². The molecule has 2 aromatic heterocycles. The van der Waals surface area contributed by atoms with Crippen LogP contribution in [0, 0.1) is 0 Å². The van der Waals surface area contributed by atoms with Crippen LogP contribution in [0.15, 0.2) is 36.5 Å². The first kappa shape index (κ1) is 21.6. The number of carbonyl (C=O) groups excluding carboxylic acids is 1. The van der Waals surface area contributed by atoms with E-state index in [-0.39, 0.29) is 11.4 Å². The van der Waals surface area contributed by atoms with Gasteiger partial charge in [0.2, 0.25) is 5.95 Å². The maximum absolute atomic E-state index is 12.6. The summed E-state index contributed by atoms with van der Waals surface area (Å²) < 4.78 is 7.08. The molecule has 1 amide bonds. The molecule has 0 aliphatic carbocycles. The molecule has 32 heavy (non-hydrogen) atoms. The van der Waals surface area contributed by atoms with Gasteiger partial charge in [-0.05, 0) is 45.0 Å². The van der Waals surface area contributed by atoms with Crippen molar-refractivity contribution in [2.24, 2.45) is 7.05 Å². The number of fused-ring (bicyclic) bond motifs is 1. The molecule has 2 heterocycles. The van der Waals surface area contributed by atoms with E-state index in [2.05, 4.69) is 30.9 Å². The Kier molecular flexibility index (Phi) is 5.52. The summed E-state index contributed by atoms with van der Waals surface area (Å²) in [6.07, 6.45) is 1.68. The van der Waals surface area contributed by atoms with Crippen LogP contribution in [0.2, 0.25) is 5.02 Å². The van der Waals surface area contributed by atoms with Crippen molar-refractivity contribution in [2.45, 2.75) is 26.3 Å². The molecule has 0 saturated heterocycles. The van der Waals surface area contributed by atoms with Gasteiger partial charge in [0.15, 0.2) is 5.82 Å². The Labute approximate surface area is 190 Å². The minimum Gasteiger partial charge on any atom is -0.496 e. The number of nitrogens with zero attached hydrogens (tertiary/aromatic N) is 4. The number of H-pyrrole nitrogens is 1. The molecular formula is C22H24ClN7O2. The van der Waals surface area contributed by atoms with Gasteiger partial charge in [0.25, 0.3) is 5.91 Å². The third kappa shape index (κ3) is 4.24. The van der Waals surface area contributed by atoms with E-state index in [1.54, 1.807) is 36.1 Å². The average molecular weight is 454 g/mol. The van der Waals surface area contributed by atoms with Crippen molar-refractivity contribution < 1.29 is 9.53 Å². The van der Waals surface area contributed by atoms with E-state index in [9.17, 15) is 4.79 Å². The summed E-state index contributed by atoms with van der Waals surface area (Å²) in [6, 6.07) is 9.00. The Hall–Kier alpha value is -3.59. The summed E-state index contributed by atoms with van der Waals surface area (Å²) in [4.78, 5) is 17.2. The number of nitrogens with one attached hydrogen (secondary N) is 3. The van der Waals surface area contributed by atoms with E-state index in [1.165, 1.54) is 7.11 Å². The van der Waals surface area contributed by atoms with Crippen molar-refractivity contribution in [1.82, 2.24) is 30.3 Å². The second-order valence-corrected chi connectivity index (χ2v) is 8.76. The highest BCUT2D eigenvalue weighted by Crippen LogP contribution is 2.32. The number of aryl methyl sites for hydroxylation is 1. The standard InChI is InChI=1S/C22H24ClN7O2/c1-22(2,3)27-20(31)13-7-6-12(10-17(13)32-5)19-26-21(30(4)29-19)25-16-9-8-15-14(18(16)23)11-24-28-15/h6-11H,1-5H3,(H,24,28)(H,27,31)(H,25,26,29). The summed E-state index contributed by atoms with van der Waals surface area (Å²) in [5.74, 6) is 1.23. The lowest BCUT2D eigenvalue weighted by Gasteiger charge is -2.21. The number of amides is 1. The number of anilines is 2. The van der Waals surface area contributed by atoms with Crippen LogP contribution in [-0.4, -0.2) is 43.5 Å². The number of aromatic nitrogens is 5. The number of carbonyl (C=O) groups is 1. The lowest BCUT2D eigenvalue weighted by Crippen LogP contribution is -2.40. The summed E-state index contributed by atoms with van der Waals surface area (Å²) in [6.45, 7) is 5.78. The monoisotopic (exact) mass is 453 g/mol. The number of rotatable bonds is 5. The smallest absolute Gasteiger partial charge is 0.255 e. The Bertz CT molecular complexity index is 1300. The molecule has 2 aromatic carbocycles. The first-order chi connectivity index (χ1) is 15.2. The number of hydrogen-bond acceptors (Lipinski definition) is 6. The average Bonchev–Trinajstić information content (AvgIpc) is 3.35. The van der Waals surface area contributed by atoms with Crippen molar-refractivity contribution >= 4 is 40.0 Å². The second-order valence-electron chi connectivity index (χ2n) is 8.39. The van der Waals surface area contributed by atoms with Crippen LogP contribution in [0.5, 0.6) is 5.75 Å². The van der Waals surface area contributed by atoms with E-state index in [0.717, 1.165) is 10.9 Å². The molecule has 0 saturated carbocycles. The number of methoxy groups -OCH3 is 1. The van der Waals surface area contributed by atoms with E-state index < -0.39 is 0 Å². The van der Waals surface area contributed by atoms with Crippen LogP contribution >= 0.6 is 11.6 Å². The predicted molar refractivity (Wildman–Crippen MR) is 125 cm³/mol. The quantitative estimate of drug-likeness (QED) is 0.415. The lowest BCUT2D eigenvalue weighted by molar-refractivity contribution is 0.0916. The molecule has 10 heteroatoms. The fourth-order valence-electron chi connectivity index (χ4n) is 3.24. The number of ether oxygens (including phenoxy) is 1. The van der Waals surface area contributed by atoms with Gasteiger partial charge in [-0.1, -0.05) is 17.7 Å². The highest BCUT2D eigenvalue weighted by Gasteiger charge is 2.20. The van der Waals surface area contributed by atoms with Crippen molar-refractivity contribution in [2.75, 3.05) is 12.4 Å². The van der Waals surface area contributed by atoms with Crippen LogP contribution in [0.25, 0.3) is 22.3 Å². The van der Waals surface area contributed by atoms with Crippen molar-refractivity contribution in [1.29, 1.82) is 0 Å². The topological polar surface area (TPSA) is 110 Å². The fraction of sp³-hybridized carbons (Fsp3) is 0.273. The molecule has 0 unspecified atom stereocenters. The van der Waals surface area contributed by atoms with Gasteiger partial charge >= 0.3 is 0 Å². The van der Waals surface area contributed by atoms with Crippen LogP contribution in [0.1, 0.15) is 31.1 Å². The summed E-state index contributed by atoms with van der Waals surface area (Å²) in [7, 11) is 3.31. The molecule has 4 rings (SSSR count). The predicted octanol–water partition coefficient (Wildman–Crippen LogP) is 4.29. The van der Waals surface area contributed by atoms with Gasteiger partial charge < -0.3 is 15.4 Å². The van der Waals surface area contributed by atoms with Gasteiger partial charge in [-0.3, -0.25) is 9.89 Å². The van der Waals surface area contributed by atoms with Crippen molar-refractivity contribution in [3.63, 3.8) is 0 Å². The van der Waals surface area contributed by atoms with E-state index >= 15 is 0 Å². The van der Waals surface area contributed by atoms with Crippen molar-refractivity contribution in [3.8, 4) is 17.1 Å². The van der Waals surface area contributed by atoms with Gasteiger partial charge in [-0.25, -0.2) is 4.68 Å². The SMILES string of the molecule is COc1cc(-c2nc(Nc3ccc4[nH]ncc4c3Cl)n(C)n2)ccc1C(=O)NC(C)(C)C. The molecule has 0 radical (unpaired) electrons. The molecule has 0 atom stereocenters. The highest BCUT2D eigenvalue weighted by molar-refractivity contribution is 6.38. The molecule has 4 aromatic rings. The Morgan fingerprint density at radius 2 is 2.00 bits per heavy atom. The third-order valence-electron chi connectivity index (χ3n) is 4.76. The number of aromatic amines is 1. The zero-order valence-corrected chi connectivity index (χ0v) is 19.2. The zero-order chi connectivity index (χ0) is 23.0. The maximum Gasteiger partial charge on any atom is 0.255 e. The number of halogens is 1. The van der Waals surface area contributed by atoms with E-state index in [4.69, 9.17) is 16.3 Å². The molecule has 0 aliphatic heterocycles. The fourth-order valence-corrected chi connectivity index (χ4v) is 3.50. The molecule has 3 N–H and O–H groups in total. The maximum atomic E-state index is 12.6. The molecule has 166 valence electrons. The van der Waals surface area contributed by atoms with Gasteiger partial charge in [0.1, 0.15) is 5.75 Å². The molecule has 0 bridgehead atoms. The van der Waals surface area contributed by atoms with Crippen LogP contribution in [0.4, 0.5) is 11.6 Å². The van der Waals surface area contributed by atoms with Gasteiger partial charge in [-0.2, -0.15) is 10.1 Å². The zero-order valence-electron chi connectivity index (χ0n) is 18.4. The lowest BCUT2D eigenvalue weighted by atomic mass is 10.1. The van der Waals surface area contributed by atoms with Gasteiger partial charge in [0, 0.05) is 23.5 Å². The van der Waals surface area contributed by atoms with Crippen molar-refractivity contribution in [3.05, 3.63) is 47.1 Å². The minimum absolute atomic E-state index is 0.207. The Balaban J connectivity index is 1.63. The third-order valence-corrected chi connectivity index (χ3v) is 5.17. The first-order valence-corrected chi connectivity index (χ1v) is 10.3. The minimum atomic E-state index is -0.357. The normalized spacial score (nSPS) is 11.6. The molecule has 0 spiro atoms. The van der Waals surface area contributed by atoms with Gasteiger partial charge in [-0.15, -0.1) is 5.10 Å². The largest absolute Gasteiger partial charge is 0.496 e. The van der Waals surface area contributed by atoms with Gasteiger partial charge in [0.05, 0.1) is 35.1 Å². The van der Waals surface area contributed by atoms with E-state index in [0.29, 0.717) is 39.4 Å². The summed E-state index contributed by atoms with van der Waals surface area (Å²) >= 11 is 6.51. The first-order valence-electron chi connectivity index (χ1n) is 9.97. The number of hydrogen-bond donors (Lipinski definition) is 3. The summed E-state index contributed by atoms with van der Waals surface area (Å²) in [5, 5.41) is 18.9. The van der Waals surface area contributed by atoms with Crippen LogP contribution in [0.3, 0.4) is 0 Å². The molecular weight excluding hydrogens is 430 g/mol. The molecule has 9 nitrogen and oxygen atoms in total. The Morgan fingerprint density at radius 1 is 1.22 bits per heavy atom. The van der Waals surface area contributed by atoms with E-state index in [1.807, 2.05) is 32.9 Å².